The van der Waals surface area contributed by atoms with Crippen molar-refractivity contribution in [1.29, 1.82) is 0 Å². The first-order valence-electron chi connectivity index (χ1n) is 5.65. The lowest BCUT2D eigenvalue weighted by Gasteiger charge is -2.08. The third-order valence-corrected chi connectivity index (χ3v) is 2.85. The van der Waals surface area contributed by atoms with Crippen LogP contribution in [0.1, 0.15) is 24.5 Å². The van der Waals surface area contributed by atoms with Crippen LogP contribution in [0.25, 0.3) is 11.2 Å². The van der Waals surface area contributed by atoms with Gasteiger partial charge < -0.3 is 9.30 Å². The first-order chi connectivity index (χ1) is 8.63. The van der Waals surface area contributed by atoms with Crippen LogP contribution in [0.15, 0.2) is 18.3 Å². The normalized spacial score (nSPS) is 12.6. The summed E-state index contributed by atoms with van der Waals surface area (Å²) in [6.45, 7) is 2.31. The summed E-state index contributed by atoms with van der Waals surface area (Å²) in [5.41, 5.74) is 1.52. The van der Waals surface area contributed by atoms with Gasteiger partial charge in [0.05, 0.1) is 18.9 Å². The summed E-state index contributed by atoms with van der Waals surface area (Å²) in [7, 11) is 1.37. The molecule has 0 bridgehead atoms. The van der Waals surface area contributed by atoms with E-state index in [1.54, 1.807) is 6.20 Å². The van der Waals surface area contributed by atoms with Gasteiger partial charge in [-0.25, -0.2) is 9.97 Å². The number of halogens is 1. The number of aryl methyl sites for hydroxylation is 1. The maximum atomic E-state index is 11.2. The molecular weight excluding hydrogens is 254 g/mol. The Kier molecular flexibility index (Phi) is 3.81. The molecule has 6 heteroatoms. The Balaban J connectivity index is 2.39. The van der Waals surface area contributed by atoms with E-state index in [0.29, 0.717) is 12.4 Å². The van der Waals surface area contributed by atoms with Gasteiger partial charge in [0.2, 0.25) is 0 Å². The van der Waals surface area contributed by atoms with E-state index in [1.165, 1.54) is 7.11 Å². The number of imidazole rings is 1. The van der Waals surface area contributed by atoms with Crippen LogP contribution in [0, 0.1) is 0 Å². The number of carbonyl (C=O) groups is 1. The Morgan fingerprint density at radius 1 is 1.61 bits per heavy atom. The number of nitrogens with zero attached hydrogens (tertiary/aromatic N) is 3. The Morgan fingerprint density at radius 3 is 3.06 bits per heavy atom. The molecule has 0 spiro atoms. The van der Waals surface area contributed by atoms with Gasteiger partial charge >= 0.3 is 5.97 Å². The fourth-order valence-electron chi connectivity index (χ4n) is 1.81. The number of pyridine rings is 1. The molecule has 0 aliphatic rings. The average molecular weight is 268 g/mol. The van der Waals surface area contributed by atoms with E-state index in [-0.39, 0.29) is 17.8 Å². The van der Waals surface area contributed by atoms with Gasteiger partial charge in [0.25, 0.3) is 0 Å². The highest BCUT2D eigenvalue weighted by molar-refractivity contribution is 6.20. The third-order valence-electron chi connectivity index (χ3n) is 2.66. The molecule has 2 aromatic heterocycles. The number of hydrogen-bond acceptors (Lipinski definition) is 4. The Bertz CT molecular complexity index is 565. The van der Waals surface area contributed by atoms with Crippen molar-refractivity contribution in [2.24, 2.45) is 0 Å². The van der Waals surface area contributed by atoms with Crippen molar-refractivity contribution in [3.05, 3.63) is 24.2 Å². The second-order valence-corrected chi connectivity index (χ2v) is 4.56. The molecule has 96 valence electrons. The van der Waals surface area contributed by atoms with Crippen LogP contribution in [0.2, 0.25) is 0 Å². The van der Waals surface area contributed by atoms with E-state index in [1.807, 2.05) is 23.6 Å². The van der Waals surface area contributed by atoms with Gasteiger partial charge in [-0.1, -0.05) is 0 Å². The lowest BCUT2D eigenvalue weighted by molar-refractivity contribution is -0.140. The van der Waals surface area contributed by atoms with Crippen molar-refractivity contribution >= 4 is 28.7 Å². The molecule has 2 heterocycles. The number of methoxy groups -OCH3 is 1. The van der Waals surface area contributed by atoms with Gasteiger partial charge in [-0.2, -0.15) is 0 Å². The molecule has 0 radical (unpaired) electrons. The van der Waals surface area contributed by atoms with Crippen LogP contribution < -0.4 is 0 Å². The molecule has 0 amide bonds. The third kappa shape index (κ3) is 2.46. The number of aromatic nitrogens is 3. The molecule has 0 aliphatic carbocycles. The minimum Gasteiger partial charge on any atom is -0.469 e. The van der Waals surface area contributed by atoms with Crippen molar-refractivity contribution in [3.8, 4) is 0 Å². The highest BCUT2D eigenvalue weighted by Gasteiger charge is 2.16. The van der Waals surface area contributed by atoms with Crippen LogP contribution in [-0.2, 0) is 16.1 Å². The topological polar surface area (TPSA) is 57.0 Å². The fourth-order valence-corrected chi connectivity index (χ4v) is 1.97. The summed E-state index contributed by atoms with van der Waals surface area (Å²) in [6, 6.07) is 3.70. The molecule has 2 rings (SSSR count). The van der Waals surface area contributed by atoms with Gasteiger partial charge in [0, 0.05) is 12.7 Å². The van der Waals surface area contributed by atoms with Crippen molar-refractivity contribution in [1.82, 2.24) is 14.5 Å². The molecule has 0 saturated carbocycles. The standard InChI is InChI=1S/C12H14ClN3O2/c1-8(13)11-15-9-4-3-6-14-12(9)16(11)7-5-10(17)18-2/h3-4,6,8H,5,7H2,1-2H3. The second-order valence-electron chi connectivity index (χ2n) is 3.91. The number of fused-ring (bicyclic) bond motifs is 1. The number of alkyl halides is 1. The van der Waals surface area contributed by atoms with Crippen LogP contribution in [0.4, 0.5) is 0 Å². The summed E-state index contributed by atoms with van der Waals surface area (Å²) < 4.78 is 6.50. The predicted octanol–water partition coefficient (Wildman–Crippen LogP) is 2.29. The van der Waals surface area contributed by atoms with Crippen LogP contribution in [0.3, 0.4) is 0 Å². The van der Waals surface area contributed by atoms with Crippen LogP contribution in [-0.4, -0.2) is 27.6 Å². The van der Waals surface area contributed by atoms with Crippen molar-refractivity contribution in [2.45, 2.75) is 25.3 Å². The van der Waals surface area contributed by atoms with E-state index in [9.17, 15) is 4.79 Å². The largest absolute Gasteiger partial charge is 0.469 e. The highest BCUT2D eigenvalue weighted by Crippen LogP contribution is 2.23. The van der Waals surface area contributed by atoms with Crippen molar-refractivity contribution in [2.75, 3.05) is 7.11 Å². The Hall–Kier alpha value is -1.62. The number of ether oxygens (including phenoxy) is 1. The van der Waals surface area contributed by atoms with E-state index in [0.717, 1.165) is 11.2 Å². The van der Waals surface area contributed by atoms with Crippen molar-refractivity contribution < 1.29 is 9.53 Å². The zero-order valence-corrected chi connectivity index (χ0v) is 11.0. The van der Waals surface area contributed by atoms with Crippen LogP contribution >= 0.6 is 11.6 Å². The quantitative estimate of drug-likeness (QED) is 0.630. The summed E-state index contributed by atoms with van der Waals surface area (Å²) in [4.78, 5) is 19.9. The molecule has 0 saturated heterocycles. The van der Waals surface area contributed by atoms with E-state index >= 15 is 0 Å². The lowest BCUT2D eigenvalue weighted by Crippen LogP contribution is -2.10. The van der Waals surface area contributed by atoms with E-state index in [4.69, 9.17) is 11.6 Å². The smallest absolute Gasteiger partial charge is 0.307 e. The van der Waals surface area contributed by atoms with Gasteiger partial charge in [-0.3, -0.25) is 4.79 Å². The summed E-state index contributed by atoms with van der Waals surface area (Å²) in [6.07, 6.45) is 1.97. The molecule has 2 aromatic rings. The second kappa shape index (κ2) is 5.35. The van der Waals surface area contributed by atoms with Crippen LogP contribution in [0.5, 0.6) is 0 Å². The lowest BCUT2D eigenvalue weighted by atomic mass is 10.4. The molecule has 0 aromatic carbocycles. The number of esters is 1. The maximum absolute atomic E-state index is 11.2. The fraction of sp³-hybridized carbons (Fsp3) is 0.417. The first kappa shape index (κ1) is 12.8. The predicted molar refractivity (Wildman–Crippen MR) is 68.4 cm³/mol. The summed E-state index contributed by atoms with van der Waals surface area (Å²) in [5.74, 6) is 0.454. The van der Waals surface area contributed by atoms with Gasteiger partial charge in [0.15, 0.2) is 5.65 Å². The van der Waals surface area contributed by atoms with E-state index in [2.05, 4.69) is 14.7 Å². The van der Waals surface area contributed by atoms with Gasteiger partial charge in [0.1, 0.15) is 11.3 Å². The SMILES string of the molecule is COC(=O)CCn1c(C(C)Cl)nc2cccnc21. The minimum atomic E-state index is -0.263. The minimum absolute atomic E-state index is 0.239. The van der Waals surface area contributed by atoms with Crippen molar-refractivity contribution in [3.63, 3.8) is 0 Å². The molecular formula is C12H14ClN3O2. The Labute approximate surface area is 110 Å². The van der Waals surface area contributed by atoms with Gasteiger partial charge in [-0.15, -0.1) is 11.6 Å². The molecule has 5 nitrogen and oxygen atoms in total. The van der Waals surface area contributed by atoms with E-state index < -0.39 is 0 Å². The maximum Gasteiger partial charge on any atom is 0.307 e. The zero-order valence-electron chi connectivity index (χ0n) is 10.3. The molecule has 1 atom stereocenters. The monoisotopic (exact) mass is 267 g/mol. The highest BCUT2D eigenvalue weighted by atomic mass is 35.5. The summed E-state index contributed by atoms with van der Waals surface area (Å²) in [5, 5.41) is -0.239. The molecule has 0 N–H and O–H groups in total. The number of rotatable bonds is 4. The molecule has 1 unspecified atom stereocenters. The first-order valence-corrected chi connectivity index (χ1v) is 6.09. The molecule has 0 aliphatic heterocycles. The molecule has 0 fully saturated rings. The number of hydrogen-bond donors (Lipinski definition) is 0. The number of carbonyl (C=O) groups excluding carboxylic acids is 1. The summed E-state index contributed by atoms with van der Waals surface area (Å²) >= 11 is 6.10. The zero-order chi connectivity index (χ0) is 13.1. The molecule has 18 heavy (non-hydrogen) atoms. The average Bonchev–Trinajstić information content (AvgIpc) is 2.75. The Morgan fingerprint density at radius 2 is 2.39 bits per heavy atom. The van der Waals surface area contributed by atoms with Gasteiger partial charge in [-0.05, 0) is 19.1 Å².